The van der Waals surface area contributed by atoms with E-state index in [1.807, 2.05) is 0 Å². The highest BCUT2D eigenvalue weighted by atomic mass is 16.2. The molecule has 0 aromatic carbocycles. The SMILES string of the molecule is CCC1CCN(C(CN)CC(=O)N(C)C)C1. The number of carbonyl (C=O) groups is 1. The van der Waals surface area contributed by atoms with Gasteiger partial charge in [0, 0.05) is 39.6 Å². The Labute approximate surface area is 98.8 Å². The molecule has 94 valence electrons. The van der Waals surface area contributed by atoms with Crippen molar-refractivity contribution in [2.45, 2.75) is 32.2 Å². The van der Waals surface area contributed by atoms with Crippen LogP contribution in [0.1, 0.15) is 26.2 Å². The molecule has 0 spiro atoms. The highest BCUT2D eigenvalue weighted by Crippen LogP contribution is 2.22. The molecule has 1 amide bonds. The largest absolute Gasteiger partial charge is 0.349 e. The zero-order valence-corrected chi connectivity index (χ0v) is 10.8. The van der Waals surface area contributed by atoms with Crippen molar-refractivity contribution in [3.8, 4) is 0 Å². The molecule has 1 rings (SSSR count). The third-order valence-corrected chi connectivity index (χ3v) is 3.59. The average molecular weight is 227 g/mol. The summed E-state index contributed by atoms with van der Waals surface area (Å²) in [4.78, 5) is 15.7. The van der Waals surface area contributed by atoms with E-state index in [1.165, 1.54) is 12.8 Å². The first-order chi connectivity index (χ1) is 7.58. The Morgan fingerprint density at radius 2 is 2.25 bits per heavy atom. The Hall–Kier alpha value is -0.610. The Balaban J connectivity index is 2.45. The zero-order valence-electron chi connectivity index (χ0n) is 10.8. The molecule has 0 aromatic heterocycles. The van der Waals surface area contributed by atoms with Crippen LogP contribution in [0.15, 0.2) is 0 Å². The van der Waals surface area contributed by atoms with Crippen molar-refractivity contribution in [3.63, 3.8) is 0 Å². The van der Waals surface area contributed by atoms with Crippen LogP contribution in [0.5, 0.6) is 0 Å². The van der Waals surface area contributed by atoms with Crippen molar-refractivity contribution in [1.29, 1.82) is 0 Å². The molecule has 2 N–H and O–H groups in total. The fraction of sp³-hybridized carbons (Fsp3) is 0.917. The van der Waals surface area contributed by atoms with E-state index >= 15 is 0 Å². The van der Waals surface area contributed by atoms with Gasteiger partial charge in [0.05, 0.1) is 0 Å². The molecular weight excluding hydrogens is 202 g/mol. The molecule has 1 aliphatic heterocycles. The van der Waals surface area contributed by atoms with Crippen molar-refractivity contribution in [2.75, 3.05) is 33.7 Å². The third kappa shape index (κ3) is 3.46. The molecule has 0 aliphatic carbocycles. The lowest BCUT2D eigenvalue weighted by Crippen LogP contribution is -2.42. The third-order valence-electron chi connectivity index (χ3n) is 3.59. The lowest BCUT2D eigenvalue weighted by Gasteiger charge is -2.27. The van der Waals surface area contributed by atoms with Crippen LogP contribution in [0.2, 0.25) is 0 Å². The Bertz CT molecular complexity index is 230. The van der Waals surface area contributed by atoms with Gasteiger partial charge in [0.2, 0.25) is 5.91 Å². The first kappa shape index (κ1) is 13.5. The fourth-order valence-electron chi connectivity index (χ4n) is 2.27. The summed E-state index contributed by atoms with van der Waals surface area (Å²) in [5.74, 6) is 0.971. The van der Waals surface area contributed by atoms with Crippen LogP contribution in [0, 0.1) is 5.92 Å². The van der Waals surface area contributed by atoms with E-state index in [2.05, 4.69) is 11.8 Å². The maximum atomic E-state index is 11.7. The smallest absolute Gasteiger partial charge is 0.223 e. The molecule has 0 radical (unpaired) electrons. The van der Waals surface area contributed by atoms with Gasteiger partial charge in [-0.3, -0.25) is 9.69 Å². The number of rotatable bonds is 5. The van der Waals surface area contributed by atoms with Gasteiger partial charge in [-0.05, 0) is 18.9 Å². The van der Waals surface area contributed by atoms with Gasteiger partial charge in [-0.25, -0.2) is 0 Å². The van der Waals surface area contributed by atoms with Crippen LogP contribution in [0.3, 0.4) is 0 Å². The quantitative estimate of drug-likeness (QED) is 0.745. The number of carbonyl (C=O) groups excluding carboxylic acids is 1. The Kier molecular flexibility index (Phi) is 5.22. The summed E-state index contributed by atoms with van der Waals surface area (Å²) >= 11 is 0. The molecule has 1 fully saturated rings. The molecule has 1 heterocycles. The fourth-order valence-corrected chi connectivity index (χ4v) is 2.27. The summed E-state index contributed by atoms with van der Waals surface area (Å²) in [6, 6.07) is 0.228. The Morgan fingerprint density at radius 3 is 2.69 bits per heavy atom. The van der Waals surface area contributed by atoms with Crippen molar-refractivity contribution < 1.29 is 4.79 Å². The highest BCUT2D eigenvalue weighted by Gasteiger charge is 2.28. The molecular formula is C12H25N3O. The van der Waals surface area contributed by atoms with Crippen LogP contribution in [-0.2, 0) is 4.79 Å². The van der Waals surface area contributed by atoms with Crippen LogP contribution < -0.4 is 5.73 Å². The highest BCUT2D eigenvalue weighted by molar-refractivity contribution is 5.76. The van der Waals surface area contributed by atoms with Crippen LogP contribution >= 0.6 is 0 Å². The molecule has 0 bridgehead atoms. The van der Waals surface area contributed by atoms with Crippen molar-refractivity contribution in [1.82, 2.24) is 9.80 Å². The van der Waals surface area contributed by atoms with Crippen LogP contribution in [0.4, 0.5) is 0 Å². The van der Waals surface area contributed by atoms with Crippen molar-refractivity contribution in [2.24, 2.45) is 11.7 Å². The number of amides is 1. The van der Waals surface area contributed by atoms with Gasteiger partial charge in [0.15, 0.2) is 0 Å². The minimum absolute atomic E-state index is 0.176. The summed E-state index contributed by atoms with van der Waals surface area (Å²) in [5.41, 5.74) is 5.78. The summed E-state index contributed by atoms with van der Waals surface area (Å²) in [6.07, 6.45) is 3.04. The maximum absolute atomic E-state index is 11.7. The van der Waals surface area contributed by atoms with Crippen molar-refractivity contribution >= 4 is 5.91 Å². The van der Waals surface area contributed by atoms with Gasteiger partial charge in [-0.1, -0.05) is 13.3 Å². The van der Waals surface area contributed by atoms with Gasteiger partial charge in [-0.2, -0.15) is 0 Å². The lowest BCUT2D eigenvalue weighted by molar-refractivity contribution is -0.129. The van der Waals surface area contributed by atoms with Gasteiger partial charge in [0.1, 0.15) is 0 Å². The molecule has 0 aromatic rings. The van der Waals surface area contributed by atoms with Gasteiger partial charge >= 0.3 is 0 Å². The van der Waals surface area contributed by atoms with Crippen LogP contribution in [0.25, 0.3) is 0 Å². The second-order valence-electron chi connectivity index (χ2n) is 4.94. The molecule has 4 heteroatoms. The standard InChI is InChI=1S/C12H25N3O/c1-4-10-5-6-15(9-10)11(8-13)7-12(16)14(2)3/h10-11H,4-9,13H2,1-3H3. The van der Waals surface area contributed by atoms with Crippen molar-refractivity contribution in [3.05, 3.63) is 0 Å². The average Bonchev–Trinajstić information content (AvgIpc) is 2.73. The zero-order chi connectivity index (χ0) is 12.1. The number of hydrogen-bond donors (Lipinski definition) is 1. The summed E-state index contributed by atoms with van der Waals surface area (Å²) in [5, 5.41) is 0. The first-order valence-electron chi connectivity index (χ1n) is 6.22. The molecule has 0 saturated carbocycles. The van der Waals surface area contributed by atoms with E-state index in [4.69, 9.17) is 5.73 Å². The molecule has 16 heavy (non-hydrogen) atoms. The number of likely N-dealkylation sites (tertiary alicyclic amines) is 1. The number of nitrogens with zero attached hydrogens (tertiary/aromatic N) is 2. The maximum Gasteiger partial charge on any atom is 0.223 e. The second-order valence-corrected chi connectivity index (χ2v) is 4.94. The monoisotopic (exact) mass is 227 g/mol. The molecule has 4 nitrogen and oxygen atoms in total. The van der Waals surface area contributed by atoms with E-state index in [0.29, 0.717) is 13.0 Å². The normalized spacial score (nSPS) is 23.4. The van der Waals surface area contributed by atoms with Gasteiger partial charge < -0.3 is 10.6 Å². The van der Waals surface area contributed by atoms with E-state index in [0.717, 1.165) is 19.0 Å². The van der Waals surface area contributed by atoms with Crippen LogP contribution in [-0.4, -0.2) is 55.5 Å². The summed E-state index contributed by atoms with van der Waals surface area (Å²) in [7, 11) is 3.60. The molecule has 2 atom stereocenters. The predicted octanol–water partition coefficient (Wildman–Crippen LogP) is 0.524. The lowest BCUT2D eigenvalue weighted by atomic mass is 10.1. The second kappa shape index (κ2) is 6.21. The summed E-state index contributed by atoms with van der Waals surface area (Å²) < 4.78 is 0. The molecule has 2 unspecified atom stereocenters. The van der Waals surface area contributed by atoms with E-state index in [9.17, 15) is 4.79 Å². The Morgan fingerprint density at radius 1 is 1.56 bits per heavy atom. The van der Waals surface area contributed by atoms with E-state index in [-0.39, 0.29) is 11.9 Å². The number of nitrogens with two attached hydrogens (primary N) is 1. The topological polar surface area (TPSA) is 49.6 Å². The minimum Gasteiger partial charge on any atom is -0.349 e. The predicted molar refractivity (Wildman–Crippen MR) is 66.1 cm³/mol. The van der Waals surface area contributed by atoms with Gasteiger partial charge in [0.25, 0.3) is 0 Å². The summed E-state index contributed by atoms with van der Waals surface area (Å²) in [6.45, 7) is 5.02. The molecule has 1 saturated heterocycles. The first-order valence-corrected chi connectivity index (χ1v) is 6.22. The minimum atomic E-state index is 0.176. The number of hydrogen-bond acceptors (Lipinski definition) is 3. The van der Waals surface area contributed by atoms with E-state index in [1.54, 1.807) is 19.0 Å². The molecule has 1 aliphatic rings. The van der Waals surface area contributed by atoms with Gasteiger partial charge in [-0.15, -0.1) is 0 Å². The van der Waals surface area contributed by atoms with E-state index < -0.39 is 0 Å².